The molecule has 1 aromatic heterocycles. The zero-order valence-electron chi connectivity index (χ0n) is 15.6. The van der Waals surface area contributed by atoms with Gasteiger partial charge in [0.15, 0.2) is 0 Å². The number of anilines is 2. The maximum atomic E-state index is 15.0. The number of aromatic nitrogens is 2. The van der Waals surface area contributed by atoms with Crippen LogP contribution in [0.1, 0.15) is 20.7 Å². The number of para-hydroxylation sites is 1. The Kier molecular flexibility index (Phi) is 5.26. The number of nitrogens with zero attached hydrogens (tertiary/aromatic N) is 2. The second-order valence-corrected chi connectivity index (χ2v) is 7.35. The van der Waals surface area contributed by atoms with Gasteiger partial charge in [-0.2, -0.15) is 0 Å². The average Bonchev–Trinajstić information content (AvgIpc) is 3.07. The van der Waals surface area contributed by atoms with Crippen molar-refractivity contribution in [1.82, 2.24) is 9.55 Å². The predicted molar refractivity (Wildman–Crippen MR) is 116 cm³/mol. The standard InChI is InChI=1S/C21H13Cl2FN4O3/c22-12-2-1-3-13(23)18(12)27-21-26-15-9-11(20(30)31)5-7-17(15)28(21)16-6-4-10(19(25)29)8-14(16)24/h1-9H,(H2,25,29)(H,26,27)(H,30,31). The predicted octanol–water partition coefficient (Wildman–Crippen LogP) is 5.01. The Bertz CT molecular complexity index is 1350. The number of carboxylic acids is 1. The Morgan fingerprint density at radius 2 is 1.71 bits per heavy atom. The summed E-state index contributed by atoms with van der Waals surface area (Å²) in [5.74, 6) is -2.49. The minimum atomic E-state index is -1.13. The number of nitrogens with two attached hydrogens (primary N) is 1. The SMILES string of the molecule is NC(=O)c1ccc(-n2c(Nc3c(Cl)cccc3Cl)nc3cc(C(=O)O)ccc32)c(F)c1. The molecule has 0 bridgehead atoms. The van der Waals surface area contributed by atoms with Gasteiger partial charge in [-0.05, 0) is 48.5 Å². The molecule has 0 atom stereocenters. The maximum absolute atomic E-state index is 15.0. The second kappa shape index (κ2) is 7.90. The minimum absolute atomic E-state index is 0.00231. The number of hydrogen-bond donors (Lipinski definition) is 3. The van der Waals surface area contributed by atoms with Crippen molar-refractivity contribution < 1.29 is 19.1 Å². The van der Waals surface area contributed by atoms with E-state index < -0.39 is 17.7 Å². The van der Waals surface area contributed by atoms with Crippen molar-refractivity contribution in [2.45, 2.75) is 0 Å². The lowest BCUT2D eigenvalue weighted by Gasteiger charge is -2.14. The van der Waals surface area contributed by atoms with Crippen molar-refractivity contribution in [3.8, 4) is 5.69 Å². The average molecular weight is 459 g/mol. The van der Waals surface area contributed by atoms with E-state index in [9.17, 15) is 19.1 Å². The Morgan fingerprint density at radius 1 is 1.03 bits per heavy atom. The molecule has 3 aromatic carbocycles. The number of nitrogens with one attached hydrogen (secondary N) is 1. The number of primary amides is 1. The quantitative estimate of drug-likeness (QED) is 0.389. The van der Waals surface area contributed by atoms with E-state index in [2.05, 4.69) is 10.3 Å². The molecule has 0 aliphatic carbocycles. The van der Waals surface area contributed by atoms with Crippen LogP contribution >= 0.6 is 23.2 Å². The van der Waals surface area contributed by atoms with E-state index in [1.54, 1.807) is 18.2 Å². The number of carbonyl (C=O) groups excluding carboxylic acids is 1. The highest BCUT2D eigenvalue weighted by atomic mass is 35.5. The van der Waals surface area contributed by atoms with Gasteiger partial charge in [-0.15, -0.1) is 0 Å². The molecule has 1 heterocycles. The lowest BCUT2D eigenvalue weighted by Crippen LogP contribution is -2.12. The maximum Gasteiger partial charge on any atom is 0.335 e. The first-order valence-electron chi connectivity index (χ1n) is 8.83. The summed E-state index contributed by atoms with van der Waals surface area (Å²) in [6, 6.07) is 12.9. The van der Waals surface area contributed by atoms with Gasteiger partial charge < -0.3 is 16.2 Å². The molecule has 4 aromatic rings. The summed E-state index contributed by atoms with van der Waals surface area (Å²) in [6.07, 6.45) is 0. The third-order valence-corrected chi connectivity index (χ3v) is 5.20. The topological polar surface area (TPSA) is 110 Å². The molecule has 0 aliphatic heterocycles. The van der Waals surface area contributed by atoms with E-state index in [0.717, 1.165) is 6.07 Å². The number of carboxylic acid groups (broad SMARTS) is 1. The number of carbonyl (C=O) groups is 2. The first-order valence-corrected chi connectivity index (χ1v) is 9.58. The van der Waals surface area contributed by atoms with Gasteiger partial charge in [0.25, 0.3) is 0 Å². The molecule has 31 heavy (non-hydrogen) atoms. The first kappa shape index (κ1) is 20.6. The van der Waals surface area contributed by atoms with Gasteiger partial charge in [0.1, 0.15) is 5.82 Å². The molecule has 10 heteroatoms. The van der Waals surface area contributed by atoms with Crippen LogP contribution in [0.4, 0.5) is 16.0 Å². The summed E-state index contributed by atoms with van der Waals surface area (Å²) >= 11 is 12.5. The number of benzene rings is 3. The van der Waals surface area contributed by atoms with Crippen LogP contribution in [-0.4, -0.2) is 26.5 Å². The van der Waals surface area contributed by atoms with Crippen LogP contribution in [0.3, 0.4) is 0 Å². The van der Waals surface area contributed by atoms with Gasteiger partial charge in [0.2, 0.25) is 11.9 Å². The highest BCUT2D eigenvalue weighted by Crippen LogP contribution is 2.35. The number of rotatable bonds is 5. The number of amides is 1. The van der Waals surface area contributed by atoms with Crippen LogP contribution < -0.4 is 11.1 Å². The van der Waals surface area contributed by atoms with E-state index >= 15 is 0 Å². The van der Waals surface area contributed by atoms with Crippen molar-refractivity contribution in [1.29, 1.82) is 0 Å². The fourth-order valence-corrected chi connectivity index (χ4v) is 3.60. The molecule has 7 nitrogen and oxygen atoms in total. The number of imidazole rings is 1. The molecule has 4 rings (SSSR count). The summed E-state index contributed by atoms with van der Waals surface area (Å²) in [7, 11) is 0. The summed E-state index contributed by atoms with van der Waals surface area (Å²) in [5, 5.41) is 12.9. The molecule has 0 unspecified atom stereocenters. The molecule has 156 valence electrons. The molecule has 0 radical (unpaired) electrons. The Hall–Kier alpha value is -3.62. The van der Waals surface area contributed by atoms with Crippen molar-refractivity contribution in [2.24, 2.45) is 5.73 Å². The third-order valence-electron chi connectivity index (χ3n) is 4.57. The second-order valence-electron chi connectivity index (χ2n) is 6.53. The van der Waals surface area contributed by atoms with Gasteiger partial charge >= 0.3 is 5.97 Å². The van der Waals surface area contributed by atoms with Crippen molar-refractivity contribution in [3.63, 3.8) is 0 Å². The minimum Gasteiger partial charge on any atom is -0.478 e. The fourth-order valence-electron chi connectivity index (χ4n) is 3.11. The Morgan fingerprint density at radius 3 is 2.32 bits per heavy atom. The van der Waals surface area contributed by atoms with E-state index in [0.29, 0.717) is 26.8 Å². The van der Waals surface area contributed by atoms with E-state index in [1.165, 1.54) is 34.9 Å². The largest absolute Gasteiger partial charge is 0.478 e. The highest BCUT2D eigenvalue weighted by molar-refractivity contribution is 6.39. The van der Waals surface area contributed by atoms with Gasteiger partial charge in [-0.1, -0.05) is 29.3 Å². The van der Waals surface area contributed by atoms with Gasteiger partial charge in [0, 0.05) is 5.56 Å². The van der Waals surface area contributed by atoms with Gasteiger partial charge in [0.05, 0.1) is 38.0 Å². The summed E-state index contributed by atoms with van der Waals surface area (Å²) < 4.78 is 16.4. The first-order chi connectivity index (χ1) is 14.8. The number of fused-ring (bicyclic) bond motifs is 1. The van der Waals surface area contributed by atoms with Crippen LogP contribution in [0, 0.1) is 5.82 Å². The normalized spacial score (nSPS) is 10.9. The van der Waals surface area contributed by atoms with Gasteiger partial charge in [-0.25, -0.2) is 14.2 Å². The zero-order valence-corrected chi connectivity index (χ0v) is 17.1. The molecular formula is C21H13Cl2FN4O3. The summed E-state index contributed by atoms with van der Waals surface area (Å²) in [6.45, 7) is 0. The van der Waals surface area contributed by atoms with Crippen LogP contribution in [0.5, 0.6) is 0 Å². The van der Waals surface area contributed by atoms with E-state index in [-0.39, 0.29) is 22.8 Å². The van der Waals surface area contributed by atoms with E-state index in [1.807, 2.05) is 0 Å². The summed E-state index contributed by atoms with van der Waals surface area (Å²) in [4.78, 5) is 27.2. The smallest absolute Gasteiger partial charge is 0.335 e. The van der Waals surface area contributed by atoms with E-state index in [4.69, 9.17) is 28.9 Å². The van der Waals surface area contributed by atoms with Crippen LogP contribution in [-0.2, 0) is 0 Å². The third kappa shape index (κ3) is 3.78. The van der Waals surface area contributed by atoms with Crippen molar-refractivity contribution in [2.75, 3.05) is 5.32 Å². The summed E-state index contributed by atoms with van der Waals surface area (Å²) in [5.41, 5.74) is 6.36. The zero-order chi connectivity index (χ0) is 22.3. The lowest BCUT2D eigenvalue weighted by atomic mass is 10.1. The van der Waals surface area contributed by atoms with Crippen molar-refractivity contribution >= 4 is 57.7 Å². The number of hydrogen-bond acceptors (Lipinski definition) is 4. The molecule has 0 spiro atoms. The van der Waals surface area contributed by atoms with Crippen molar-refractivity contribution in [3.05, 3.63) is 81.6 Å². The molecular weight excluding hydrogens is 446 g/mol. The van der Waals surface area contributed by atoms with Crippen LogP contribution in [0.2, 0.25) is 10.0 Å². The van der Waals surface area contributed by atoms with Crippen LogP contribution in [0.25, 0.3) is 16.7 Å². The molecule has 0 aliphatic rings. The number of halogens is 3. The monoisotopic (exact) mass is 458 g/mol. The number of aromatic carboxylic acids is 1. The Balaban J connectivity index is 1.96. The molecule has 0 saturated heterocycles. The molecule has 0 saturated carbocycles. The molecule has 1 amide bonds. The highest BCUT2D eigenvalue weighted by Gasteiger charge is 2.19. The lowest BCUT2D eigenvalue weighted by molar-refractivity contribution is 0.0696. The fraction of sp³-hybridized carbons (Fsp3) is 0. The van der Waals surface area contributed by atoms with Crippen LogP contribution in [0.15, 0.2) is 54.6 Å². The van der Waals surface area contributed by atoms with Gasteiger partial charge in [-0.3, -0.25) is 9.36 Å². The Labute approximate surface area is 184 Å². The molecule has 4 N–H and O–H groups in total. The molecule has 0 fully saturated rings.